The highest BCUT2D eigenvalue weighted by atomic mass is 16.3. The van der Waals surface area contributed by atoms with Gasteiger partial charge in [0.05, 0.1) is 11.4 Å². The summed E-state index contributed by atoms with van der Waals surface area (Å²) in [6, 6.07) is 63.3. The summed E-state index contributed by atoms with van der Waals surface area (Å²) in [5.41, 5.74) is 11.7. The summed E-state index contributed by atoms with van der Waals surface area (Å²) in [4.78, 5) is 7.27. The molecule has 4 nitrogen and oxygen atoms in total. The first-order valence-corrected chi connectivity index (χ1v) is 17.1. The first-order chi connectivity index (χ1) is 25.3. The summed E-state index contributed by atoms with van der Waals surface area (Å²) in [5, 5.41) is 4.61. The Morgan fingerprint density at radius 3 is 1.98 bits per heavy atom. The zero-order valence-corrected chi connectivity index (χ0v) is 27.5. The highest BCUT2D eigenvalue weighted by Gasteiger charge is 2.22. The number of oxazole rings is 1. The molecule has 240 valence electrons. The molecular weight excluding hydrogens is 625 g/mol. The molecule has 0 saturated carbocycles. The van der Waals surface area contributed by atoms with Gasteiger partial charge < -0.3 is 13.7 Å². The summed E-state index contributed by atoms with van der Waals surface area (Å²) in [6.45, 7) is 0. The van der Waals surface area contributed by atoms with Crippen LogP contribution in [-0.2, 0) is 0 Å². The van der Waals surface area contributed by atoms with Crippen molar-refractivity contribution >= 4 is 60.9 Å². The summed E-state index contributed by atoms with van der Waals surface area (Å²) < 4.78 is 12.8. The van der Waals surface area contributed by atoms with Gasteiger partial charge in [-0.05, 0) is 76.5 Å². The molecule has 0 aliphatic rings. The van der Waals surface area contributed by atoms with Crippen molar-refractivity contribution in [1.82, 2.24) is 4.98 Å². The van der Waals surface area contributed by atoms with Crippen molar-refractivity contribution in [1.29, 1.82) is 0 Å². The zero-order valence-electron chi connectivity index (χ0n) is 27.5. The summed E-state index contributed by atoms with van der Waals surface area (Å²) in [7, 11) is 0. The Bertz CT molecular complexity index is 2870. The predicted molar refractivity (Wildman–Crippen MR) is 210 cm³/mol. The third-order valence-electron chi connectivity index (χ3n) is 9.71. The van der Waals surface area contributed by atoms with E-state index < -0.39 is 0 Å². The second-order valence-electron chi connectivity index (χ2n) is 12.8. The van der Waals surface area contributed by atoms with Crippen molar-refractivity contribution in [3.63, 3.8) is 0 Å². The molecule has 2 aromatic heterocycles. The van der Waals surface area contributed by atoms with Crippen LogP contribution in [0.25, 0.3) is 77.5 Å². The fraction of sp³-hybridized carbons (Fsp3) is 0. The van der Waals surface area contributed by atoms with Crippen molar-refractivity contribution in [3.05, 3.63) is 182 Å². The Morgan fingerprint density at radius 2 is 1.08 bits per heavy atom. The molecular formula is C47H30N2O2. The molecule has 0 unspecified atom stereocenters. The number of para-hydroxylation sites is 4. The smallest absolute Gasteiger partial charge is 0.227 e. The number of benzene rings is 8. The number of fused-ring (bicyclic) bond motifs is 5. The second kappa shape index (κ2) is 11.9. The molecule has 2 heterocycles. The zero-order chi connectivity index (χ0) is 33.7. The highest BCUT2D eigenvalue weighted by molar-refractivity contribution is 6.11. The quantitative estimate of drug-likeness (QED) is 0.179. The number of hydrogen-bond donors (Lipinski definition) is 0. The molecule has 4 heteroatoms. The third-order valence-corrected chi connectivity index (χ3v) is 9.71. The lowest BCUT2D eigenvalue weighted by Crippen LogP contribution is -2.11. The Balaban J connectivity index is 1.15. The Labute approximate surface area is 294 Å². The van der Waals surface area contributed by atoms with Gasteiger partial charge in [0, 0.05) is 33.2 Å². The Hall–Kier alpha value is -6.91. The van der Waals surface area contributed by atoms with E-state index in [0.29, 0.717) is 5.89 Å². The first kappa shape index (κ1) is 29.0. The summed E-state index contributed by atoms with van der Waals surface area (Å²) >= 11 is 0. The van der Waals surface area contributed by atoms with Crippen molar-refractivity contribution in [2.75, 3.05) is 4.90 Å². The fourth-order valence-electron chi connectivity index (χ4n) is 7.26. The maximum absolute atomic E-state index is 6.63. The van der Waals surface area contributed by atoms with Gasteiger partial charge in [-0.3, -0.25) is 0 Å². The van der Waals surface area contributed by atoms with Gasteiger partial charge in [0.1, 0.15) is 11.1 Å². The lowest BCUT2D eigenvalue weighted by atomic mass is 9.98. The fourth-order valence-corrected chi connectivity index (χ4v) is 7.26. The lowest BCUT2D eigenvalue weighted by Gasteiger charge is -2.28. The second-order valence-corrected chi connectivity index (χ2v) is 12.8. The predicted octanol–water partition coefficient (Wildman–Crippen LogP) is 13.4. The maximum Gasteiger partial charge on any atom is 0.227 e. The minimum absolute atomic E-state index is 0.616. The first-order valence-electron chi connectivity index (χ1n) is 17.1. The van der Waals surface area contributed by atoms with E-state index in [9.17, 15) is 0 Å². The molecule has 0 aliphatic heterocycles. The van der Waals surface area contributed by atoms with Gasteiger partial charge >= 0.3 is 0 Å². The topological polar surface area (TPSA) is 42.4 Å². The molecule has 10 rings (SSSR count). The number of aromatic nitrogens is 1. The molecule has 10 aromatic rings. The minimum Gasteiger partial charge on any atom is -0.454 e. The average Bonchev–Trinajstić information content (AvgIpc) is 3.82. The van der Waals surface area contributed by atoms with Crippen LogP contribution in [0, 0.1) is 0 Å². The van der Waals surface area contributed by atoms with Gasteiger partial charge in [-0.15, -0.1) is 0 Å². The van der Waals surface area contributed by atoms with Crippen LogP contribution in [0.3, 0.4) is 0 Å². The van der Waals surface area contributed by atoms with E-state index in [2.05, 4.69) is 132 Å². The Kier molecular flexibility index (Phi) is 6.78. The summed E-state index contributed by atoms with van der Waals surface area (Å²) in [6.07, 6.45) is 0. The van der Waals surface area contributed by atoms with Crippen LogP contribution in [0.1, 0.15) is 0 Å². The van der Waals surface area contributed by atoms with E-state index >= 15 is 0 Å². The van der Waals surface area contributed by atoms with Gasteiger partial charge in [0.15, 0.2) is 11.2 Å². The van der Waals surface area contributed by atoms with E-state index in [1.165, 1.54) is 10.8 Å². The van der Waals surface area contributed by atoms with Gasteiger partial charge in [-0.2, -0.15) is 0 Å². The molecule has 51 heavy (non-hydrogen) atoms. The molecule has 0 atom stereocenters. The van der Waals surface area contributed by atoms with Gasteiger partial charge in [0.25, 0.3) is 0 Å². The van der Waals surface area contributed by atoms with Crippen molar-refractivity contribution in [2.45, 2.75) is 0 Å². The van der Waals surface area contributed by atoms with Crippen molar-refractivity contribution in [3.8, 4) is 33.7 Å². The van der Waals surface area contributed by atoms with E-state index in [1.54, 1.807) is 0 Å². The molecule has 0 aliphatic carbocycles. The molecule has 0 radical (unpaired) electrons. The van der Waals surface area contributed by atoms with Gasteiger partial charge in [0.2, 0.25) is 5.89 Å². The molecule has 0 N–H and O–H groups in total. The molecule has 0 amide bonds. The number of furan rings is 1. The van der Waals surface area contributed by atoms with Crippen molar-refractivity contribution in [2.24, 2.45) is 0 Å². The normalized spacial score (nSPS) is 11.5. The number of rotatable bonds is 6. The van der Waals surface area contributed by atoms with Gasteiger partial charge in [-0.25, -0.2) is 4.98 Å². The van der Waals surface area contributed by atoms with Crippen molar-refractivity contribution < 1.29 is 8.83 Å². The van der Waals surface area contributed by atoms with E-state index in [0.717, 1.165) is 77.9 Å². The minimum atomic E-state index is 0.616. The van der Waals surface area contributed by atoms with Crippen LogP contribution in [-0.4, -0.2) is 4.98 Å². The Morgan fingerprint density at radius 1 is 0.412 bits per heavy atom. The van der Waals surface area contributed by atoms with Crippen LogP contribution in [0.2, 0.25) is 0 Å². The molecule has 0 saturated heterocycles. The largest absolute Gasteiger partial charge is 0.454 e. The van der Waals surface area contributed by atoms with Crippen LogP contribution in [0.4, 0.5) is 17.1 Å². The number of nitrogens with zero attached hydrogens (tertiary/aromatic N) is 2. The van der Waals surface area contributed by atoms with Crippen LogP contribution < -0.4 is 4.90 Å². The van der Waals surface area contributed by atoms with E-state index in [1.807, 2.05) is 54.6 Å². The van der Waals surface area contributed by atoms with Crippen LogP contribution in [0.15, 0.2) is 191 Å². The molecule has 0 spiro atoms. The molecule has 8 aromatic carbocycles. The average molecular weight is 655 g/mol. The van der Waals surface area contributed by atoms with Crippen LogP contribution >= 0.6 is 0 Å². The monoisotopic (exact) mass is 654 g/mol. The number of hydrogen-bond acceptors (Lipinski definition) is 4. The standard InChI is InChI=1S/C47H30N2O2/c1-2-13-33(14-3-1)47-48-45-38(18-11-23-44(45)51-47)32-26-28-36(29-27-32)49(42-21-10-19-40-39-17-7-9-22-43(39)50-46(40)42)41-20-8-6-16-37(41)35-25-24-31-12-4-5-15-34(31)30-35/h1-30H. The van der Waals surface area contributed by atoms with E-state index in [-0.39, 0.29) is 0 Å². The molecule has 0 bridgehead atoms. The van der Waals surface area contributed by atoms with E-state index in [4.69, 9.17) is 13.8 Å². The number of anilines is 3. The third kappa shape index (κ3) is 4.96. The highest BCUT2D eigenvalue weighted by Crippen LogP contribution is 2.46. The SMILES string of the molecule is c1ccc(-c2nc3c(-c4ccc(N(c5ccccc5-c5ccc6ccccc6c5)c5cccc6c5oc5ccccc56)cc4)cccc3o2)cc1. The maximum atomic E-state index is 6.63. The van der Waals surface area contributed by atoms with Crippen LogP contribution in [0.5, 0.6) is 0 Å². The van der Waals surface area contributed by atoms with Gasteiger partial charge in [-0.1, -0.05) is 127 Å². The molecule has 0 fully saturated rings. The lowest BCUT2D eigenvalue weighted by molar-refractivity contribution is 0.620. The summed E-state index contributed by atoms with van der Waals surface area (Å²) in [5.74, 6) is 0.616.